The van der Waals surface area contributed by atoms with Crippen LogP contribution in [0.2, 0.25) is 0 Å². The smallest absolute Gasteiger partial charge is 0.258 e. The Morgan fingerprint density at radius 2 is 1.74 bits per heavy atom. The van der Waals surface area contributed by atoms with Gasteiger partial charge >= 0.3 is 0 Å². The lowest BCUT2D eigenvalue weighted by atomic mass is 9.86. The van der Waals surface area contributed by atoms with Crippen LogP contribution in [0, 0.1) is 0 Å². The van der Waals surface area contributed by atoms with Gasteiger partial charge < -0.3 is 4.98 Å². The largest absolute Gasteiger partial charge is 0.309 e. The molecule has 1 aliphatic carbocycles. The summed E-state index contributed by atoms with van der Waals surface area (Å²) in [6.07, 6.45) is 6.04. The minimum Gasteiger partial charge on any atom is -0.309 e. The summed E-state index contributed by atoms with van der Waals surface area (Å²) in [5.41, 5.74) is 3.13. The molecule has 4 aromatic rings. The predicted octanol–water partition coefficient (Wildman–Crippen LogP) is 6.28. The van der Waals surface area contributed by atoms with Crippen molar-refractivity contribution >= 4 is 22.7 Å². The molecule has 0 saturated heterocycles. The standard InChI is InChI=1S/C27H31N5OS/c1-27(2,3)19-15-13-18(14-16-19)24-30-31-26(32(24)20-9-5-4-6-10-20)34-17-23-28-22-12-8-7-11-21(22)25(33)29-23/h7-8,11-16,20H,4-6,9-10,17H2,1-3H3,(H,28,29,33). The predicted molar refractivity (Wildman–Crippen MR) is 138 cm³/mol. The van der Waals surface area contributed by atoms with Crippen LogP contribution in [0.4, 0.5) is 0 Å². The molecule has 1 fully saturated rings. The molecule has 0 radical (unpaired) electrons. The molecule has 2 aromatic heterocycles. The van der Waals surface area contributed by atoms with Crippen LogP contribution in [0.25, 0.3) is 22.3 Å². The van der Waals surface area contributed by atoms with E-state index in [4.69, 9.17) is 0 Å². The lowest BCUT2D eigenvalue weighted by Gasteiger charge is -2.26. The van der Waals surface area contributed by atoms with Crippen molar-refractivity contribution in [3.63, 3.8) is 0 Å². The monoisotopic (exact) mass is 473 g/mol. The third-order valence-corrected chi connectivity index (χ3v) is 7.57. The van der Waals surface area contributed by atoms with Crippen molar-refractivity contribution in [3.05, 3.63) is 70.3 Å². The third-order valence-electron chi connectivity index (χ3n) is 6.61. The zero-order valence-corrected chi connectivity index (χ0v) is 20.9. The van der Waals surface area contributed by atoms with Crippen molar-refractivity contribution in [1.82, 2.24) is 24.7 Å². The summed E-state index contributed by atoms with van der Waals surface area (Å²) in [4.78, 5) is 20.1. The van der Waals surface area contributed by atoms with E-state index in [1.807, 2.05) is 18.2 Å². The average molecular weight is 474 g/mol. The van der Waals surface area contributed by atoms with E-state index in [9.17, 15) is 4.79 Å². The Morgan fingerprint density at radius 1 is 1.00 bits per heavy atom. The number of rotatable bonds is 5. The van der Waals surface area contributed by atoms with Gasteiger partial charge in [0, 0.05) is 11.6 Å². The van der Waals surface area contributed by atoms with E-state index >= 15 is 0 Å². The molecule has 0 amide bonds. The Bertz CT molecular complexity index is 1340. The van der Waals surface area contributed by atoms with Gasteiger partial charge in [-0.25, -0.2) is 4.98 Å². The van der Waals surface area contributed by atoms with E-state index < -0.39 is 0 Å². The van der Waals surface area contributed by atoms with Crippen molar-refractivity contribution in [1.29, 1.82) is 0 Å². The highest BCUT2D eigenvalue weighted by molar-refractivity contribution is 7.98. The quantitative estimate of drug-likeness (QED) is 0.345. The van der Waals surface area contributed by atoms with Gasteiger partial charge in [-0.1, -0.05) is 88.2 Å². The zero-order chi connectivity index (χ0) is 23.7. The summed E-state index contributed by atoms with van der Waals surface area (Å²) in [6.45, 7) is 6.69. The molecule has 1 saturated carbocycles. The van der Waals surface area contributed by atoms with E-state index in [2.05, 4.69) is 69.8 Å². The zero-order valence-electron chi connectivity index (χ0n) is 20.0. The highest BCUT2D eigenvalue weighted by Crippen LogP contribution is 2.36. The first-order chi connectivity index (χ1) is 16.4. The van der Waals surface area contributed by atoms with E-state index in [1.54, 1.807) is 17.8 Å². The maximum atomic E-state index is 12.5. The summed E-state index contributed by atoms with van der Waals surface area (Å²) in [7, 11) is 0. The minimum atomic E-state index is -0.102. The van der Waals surface area contributed by atoms with Gasteiger partial charge in [0.25, 0.3) is 5.56 Å². The fourth-order valence-corrected chi connectivity index (χ4v) is 5.57. The normalized spacial score (nSPS) is 15.1. The first-order valence-corrected chi connectivity index (χ1v) is 13.1. The summed E-state index contributed by atoms with van der Waals surface area (Å²) >= 11 is 1.59. The molecule has 2 heterocycles. The average Bonchev–Trinajstić information content (AvgIpc) is 3.27. The molecule has 2 aromatic carbocycles. The van der Waals surface area contributed by atoms with Gasteiger partial charge in [0.15, 0.2) is 11.0 Å². The number of nitrogens with zero attached hydrogens (tertiary/aromatic N) is 4. The Balaban J connectivity index is 1.46. The second-order valence-electron chi connectivity index (χ2n) is 10.1. The van der Waals surface area contributed by atoms with E-state index in [0.717, 1.165) is 34.9 Å². The number of benzene rings is 2. The van der Waals surface area contributed by atoms with E-state index in [1.165, 1.54) is 24.8 Å². The van der Waals surface area contributed by atoms with Crippen molar-refractivity contribution in [2.24, 2.45) is 0 Å². The number of nitrogens with one attached hydrogen (secondary N) is 1. The molecule has 6 nitrogen and oxygen atoms in total. The van der Waals surface area contributed by atoms with E-state index in [0.29, 0.717) is 23.0 Å². The number of hydrogen-bond donors (Lipinski definition) is 1. The Labute approximate surface area is 204 Å². The number of thioether (sulfide) groups is 1. The molecule has 1 aliphatic rings. The molecular formula is C27H31N5OS. The lowest BCUT2D eigenvalue weighted by molar-refractivity contribution is 0.339. The number of aromatic nitrogens is 5. The number of aromatic amines is 1. The van der Waals surface area contributed by atoms with Crippen LogP contribution in [0.15, 0.2) is 58.5 Å². The second-order valence-corrected chi connectivity index (χ2v) is 11.1. The van der Waals surface area contributed by atoms with Crippen LogP contribution in [-0.2, 0) is 11.2 Å². The summed E-state index contributed by atoms with van der Waals surface area (Å²) in [5.74, 6) is 2.12. The summed E-state index contributed by atoms with van der Waals surface area (Å²) < 4.78 is 2.33. The topological polar surface area (TPSA) is 76.5 Å². The van der Waals surface area contributed by atoms with Crippen LogP contribution in [0.3, 0.4) is 0 Å². The molecule has 0 bridgehead atoms. The molecule has 176 valence electrons. The van der Waals surface area contributed by atoms with Gasteiger partial charge in [0.1, 0.15) is 5.82 Å². The van der Waals surface area contributed by atoms with Crippen LogP contribution in [-0.4, -0.2) is 24.7 Å². The molecule has 0 unspecified atom stereocenters. The minimum absolute atomic E-state index is 0.102. The van der Waals surface area contributed by atoms with Crippen molar-refractivity contribution in [3.8, 4) is 11.4 Å². The highest BCUT2D eigenvalue weighted by Gasteiger charge is 2.24. The third kappa shape index (κ3) is 4.67. The van der Waals surface area contributed by atoms with Gasteiger partial charge in [0.2, 0.25) is 0 Å². The molecule has 0 aliphatic heterocycles. The Morgan fingerprint density at radius 3 is 2.47 bits per heavy atom. The van der Waals surface area contributed by atoms with Crippen LogP contribution < -0.4 is 5.56 Å². The first-order valence-electron chi connectivity index (χ1n) is 12.1. The fourth-order valence-electron chi connectivity index (χ4n) is 4.70. The molecule has 0 atom stereocenters. The molecule has 5 rings (SSSR count). The SMILES string of the molecule is CC(C)(C)c1ccc(-c2nnc(SCc3nc4ccccc4c(=O)[nH]3)n2C2CCCCC2)cc1. The summed E-state index contributed by atoms with van der Waals surface area (Å²) in [6, 6.07) is 16.6. The number of hydrogen-bond acceptors (Lipinski definition) is 5. The molecular weight excluding hydrogens is 442 g/mol. The highest BCUT2D eigenvalue weighted by atomic mass is 32.2. The Hall–Kier alpha value is -2.93. The maximum Gasteiger partial charge on any atom is 0.258 e. The maximum absolute atomic E-state index is 12.5. The van der Waals surface area contributed by atoms with Gasteiger partial charge in [-0.3, -0.25) is 9.36 Å². The molecule has 0 spiro atoms. The van der Waals surface area contributed by atoms with Crippen LogP contribution >= 0.6 is 11.8 Å². The number of fused-ring (bicyclic) bond motifs is 1. The second kappa shape index (κ2) is 9.37. The van der Waals surface area contributed by atoms with Gasteiger partial charge in [-0.05, 0) is 36.0 Å². The lowest BCUT2D eigenvalue weighted by Crippen LogP contribution is -2.16. The van der Waals surface area contributed by atoms with Gasteiger partial charge in [0.05, 0.1) is 16.7 Å². The van der Waals surface area contributed by atoms with Crippen molar-refractivity contribution in [2.75, 3.05) is 0 Å². The number of H-pyrrole nitrogens is 1. The van der Waals surface area contributed by atoms with Crippen LogP contribution in [0.1, 0.15) is 70.3 Å². The summed E-state index contributed by atoms with van der Waals surface area (Å²) in [5, 5.41) is 10.7. The van der Waals surface area contributed by atoms with Crippen molar-refractivity contribution in [2.45, 2.75) is 75.2 Å². The number of para-hydroxylation sites is 1. The van der Waals surface area contributed by atoms with Crippen LogP contribution in [0.5, 0.6) is 0 Å². The van der Waals surface area contributed by atoms with Crippen molar-refractivity contribution < 1.29 is 0 Å². The molecule has 7 heteroatoms. The van der Waals surface area contributed by atoms with Gasteiger partial charge in [-0.2, -0.15) is 0 Å². The first kappa shape index (κ1) is 22.8. The fraction of sp³-hybridized carbons (Fsp3) is 0.407. The van der Waals surface area contributed by atoms with Gasteiger partial charge in [-0.15, -0.1) is 10.2 Å². The van der Waals surface area contributed by atoms with E-state index in [-0.39, 0.29) is 11.0 Å². The molecule has 34 heavy (non-hydrogen) atoms. The molecule has 1 N–H and O–H groups in total. The Kier molecular flexibility index (Phi) is 6.30.